The summed E-state index contributed by atoms with van der Waals surface area (Å²) in [4.78, 5) is 12.4. The van der Waals surface area contributed by atoms with E-state index in [4.69, 9.17) is 5.73 Å². The van der Waals surface area contributed by atoms with Crippen molar-refractivity contribution < 1.29 is 0 Å². The highest BCUT2D eigenvalue weighted by Crippen LogP contribution is 2.35. The molecule has 17 heavy (non-hydrogen) atoms. The van der Waals surface area contributed by atoms with E-state index in [1.807, 2.05) is 25.3 Å². The first kappa shape index (κ1) is 12.0. The van der Waals surface area contributed by atoms with Gasteiger partial charge in [0.05, 0.1) is 11.4 Å². The van der Waals surface area contributed by atoms with Gasteiger partial charge in [0.1, 0.15) is 5.03 Å². The highest BCUT2D eigenvalue weighted by molar-refractivity contribution is 7.99. The van der Waals surface area contributed by atoms with Crippen LogP contribution in [0.25, 0.3) is 0 Å². The number of nitrogens with zero attached hydrogens (tertiary/aromatic N) is 3. The van der Waals surface area contributed by atoms with Crippen LogP contribution >= 0.6 is 11.8 Å². The van der Waals surface area contributed by atoms with Gasteiger partial charge in [0.2, 0.25) is 0 Å². The Morgan fingerprint density at radius 2 is 2.00 bits per heavy atom. The van der Waals surface area contributed by atoms with Crippen LogP contribution in [-0.2, 0) is 0 Å². The maximum absolute atomic E-state index is 6.02. The van der Waals surface area contributed by atoms with Crippen LogP contribution in [0.3, 0.4) is 0 Å². The first-order valence-corrected chi connectivity index (χ1v) is 6.23. The Morgan fingerprint density at radius 3 is 2.59 bits per heavy atom. The zero-order valence-electron chi connectivity index (χ0n) is 9.52. The van der Waals surface area contributed by atoms with Gasteiger partial charge < -0.3 is 5.73 Å². The molecule has 0 radical (unpaired) electrons. The summed E-state index contributed by atoms with van der Waals surface area (Å²) in [5.41, 5.74) is 7.13. The second-order valence-electron chi connectivity index (χ2n) is 3.73. The number of aromatic nitrogens is 3. The van der Waals surface area contributed by atoms with Gasteiger partial charge in [0, 0.05) is 30.8 Å². The van der Waals surface area contributed by atoms with Gasteiger partial charge in [-0.1, -0.05) is 17.8 Å². The molecule has 2 heterocycles. The Morgan fingerprint density at radius 1 is 1.18 bits per heavy atom. The molecule has 0 saturated carbocycles. The third kappa shape index (κ3) is 3.25. The average molecular weight is 246 g/mol. The quantitative estimate of drug-likeness (QED) is 0.836. The van der Waals surface area contributed by atoms with Crippen LogP contribution in [0.2, 0.25) is 0 Å². The first-order valence-electron chi connectivity index (χ1n) is 5.35. The van der Waals surface area contributed by atoms with Crippen molar-refractivity contribution >= 4 is 11.8 Å². The van der Waals surface area contributed by atoms with Gasteiger partial charge in [-0.15, -0.1) is 0 Å². The molecule has 2 aromatic rings. The molecule has 0 bridgehead atoms. The molecule has 2 N–H and O–H groups in total. The summed E-state index contributed by atoms with van der Waals surface area (Å²) in [5, 5.41) is 1.01. The van der Waals surface area contributed by atoms with Crippen molar-refractivity contribution in [2.75, 3.05) is 0 Å². The Kier molecular flexibility index (Phi) is 4.06. The van der Waals surface area contributed by atoms with Crippen LogP contribution in [-0.4, -0.2) is 21.0 Å². The molecule has 2 aromatic heterocycles. The monoisotopic (exact) mass is 246 g/mol. The summed E-state index contributed by atoms with van der Waals surface area (Å²) in [7, 11) is 0. The number of hydrogen-bond donors (Lipinski definition) is 1. The summed E-state index contributed by atoms with van der Waals surface area (Å²) in [6.07, 6.45) is 8.70. The molecule has 0 aromatic carbocycles. The van der Waals surface area contributed by atoms with Gasteiger partial charge in [0.15, 0.2) is 0 Å². The van der Waals surface area contributed by atoms with Gasteiger partial charge >= 0.3 is 0 Å². The molecule has 5 heteroatoms. The normalized spacial score (nSPS) is 14.2. The van der Waals surface area contributed by atoms with Crippen molar-refractivity contribution in [2.45, 2.75) is 23.2 Å². The lowest BCUT2D eigenvalue weighted by Crippen LogP contribution is -2.22. The molecular formula is C12H14N4S. The second kappa shape index (κ2) is 5.75. The lowest BCUT2D eigenvalue weighted by atomic mass is 10.1. The van der Waals surface area contributed by atoms with Crippen molar-refractivity contribution in [2.24, 2.45) is 5.73 Å². The highest BCUT2D eigenvalue weighted by atomic mass is 32.2. The van der Waals surface area contributed by atoms with E-state index in [9.17, 15) is 0 Å². The molecule has 0 aliphatic heterocycles. The van der Waals surface area contributed by atoms with Crippen LogP contribution in [0.1, 0.15) is 17.7 Å². The molecule has 0 fully saturated rings. The van der Waals surface area contributed by atoms with Gasteiger partial charge in [-0.3, -0.25) is 9.97 Å². The summed E-state index contributed by atoms with van der Waals surface area (Å²) in [6, 6.07) is 3.97. The molecular weight excluding hydrogens is 232 g/mol. The number of rotatable bonds is 4. The summed E-state index contributed by atoms with van der Waals surface area (Å²) in [5.74, 6) is 0. The van der Waals surface area contributed by atoms with Gasteiger partial charge in [-0.05, 0) is 18.6 Å². The predicted molar refractivity (Wildman–Crippen MR) is 68.5 cm³/mol. The van der Waals surface area contributed by atoms with Crippen molar-refractivity contribution in [3.63, 3.8) is 0 Å². The SMILES string of the molecule is CC(N)C(Sc1cnccn1)c1cccnc1. The van der Waals surface area contributed by atoms with Crippen LogP contribution in [0.4, 0.5) is 0 Å². The molecule has 0 amide bonds. The lowest BCUT2D eigenvalue weighted by Gasteiger charge is -2.19. The van der Waals surface area contributed by atoms with E-state index < -0.39 is 0 Å². The zero-order valence-corrected chi connectivity index (χ0v) is 10.3. The highest BCUT2D eigenvalue weighted by Gasteiger charge is 2.18. The average Bonchev–Trinajstić information content (AvgIpc) is 2.38. The van der Waals surface area contributed by atoms with Crippen molar-refractivity contribution in [1.82, 2.24) is 15.0 Å². The summed E-state index contributed by atoms with van der Waals surface area (Å²) in [6.45, 7) is 1.99. The van der Waals surface area contributed by atoms with Crippen LogP contribution in [0, 0.1) is 0 Å². The third-order valence-electron chi connectivity index (χ3n) is 2.28. The zero-order chi connectivity index (χ0) is 12.1. The molecule has 2 atom stereocenters. The number of hydrogen-bond acceptors (Lipinski definition) is 5. The molecule has 2 unspecified atom stereocenters. The fraction of sp³-hybridized carbons (Fsp3) is 0.250. The topological polar surface area (TPSA) is 64.7 Å². The Bertz CT molecular complexity index is 447. The Balaban J connectivity index is 2.20. The van der Waals surface area contributed by atoms with E-state index in [0.29, 0.717) is 0 Å². The van der Waals surface area contributed by atoms with Gasteiger partial charge in [0.25, 0.3) is 0 Å². The van der Waals surface area contributed by atoms with Crippen LogP contribution < -0.4 is 5.73 Å². The fourth-order valence-corrected chi connectivity index (χ4v) is 2.49. The maximum Gasteiger partial charge on any atom is 0.115 e. The smallest absolute Gasteiger partial charge is 0.115 e. The predicted octanol–water partition coefficient (Wildman–Crippen LogP) is 2.05. The molecule has 4 nitrogen and oxygen atoms in total. The van der Waals surface area contributed by atoms with Gasteiger partial charge in [-0.25, -0.2) is 4.98 Å². The van der Waals surface area contributed by atoms with Crippen molar-refractivity contribution in [3.05, 3.63) is 48.7 Å². The molecule has 0 aliphatic rings. The minimum atomic E-state index is 0.0196. The number of thioether (sulfide) groups is 1. The van der Waals surface area contributed by atoms with E-state index in [0.717, 1.165) is 10.6 Å². The summed E-state index contributed by atoms with van der Waals surface area (Å²) >= 11 is 1.61. The maximum atomic E-state index is 6.02. The lowest BCUT2D eigenvalue weighted by molar-refractivity contribution is 0.717. The molecule has 0 saturated heterocycles. The summed E-state index contributed by atoms with van der Waals surface area (Å²) < 4.78 is 0. The third-order valence-corrected chi connectivity index (χ3v) is 3.69. The number of pyridine rings is 1. The van der Waals surface area contributed by atoms with E-state index in [1.54, 1.807) is 36.5 Å². The molecule has 0 aliphatic carbocycles. The minimum Gasteiger partial charge on any atom is -0.327 e. The van der Waals surface area contributed by atoms with E-state index >= 15 is 0 Å². The standard InChI is InChI=1S/C12H14N4S/c1-9(13)12(10-3-2-4-14-7-10)17-11-8-15-5-6-16-11/h2-9,12H,13H2,1H3. The van der Waals surface area contributed by atoms with E-state index in [2.05, 4.69) is 15.0 Å². The molecule has 2 rings (SSSR count). The van der Waals surface area contributed by atoms with Gasteiger partial charge in [-0.2, -0.15) is 0 Å². The van der Waals surface area contributed by atoms with Crippen LogP contribution in [0.5, 0.6) is 0 Å². The first-order chi connectivity index (χ1) is 8.27. The second-order valence-corrected chi connectivity index (χ2v) is 4.89. The van der Waals surface area contributed by atoms with Crippen molar-refractivity contribution in [3.8, 4) is 0 Å². The van der Waals surface area contributed by atoms with Crippen LogP contribution in [0.15, 0.2) is 48.1 Å². The van der Waals surface area contributed by atoms with E-state index in [-0.39, 0.29) is 11.3 Å². The molecule has 0 spiro atoms. The van der Waals surface area contributed by atoms with Crippen molar-refractivity contribution in [1.29, 1.82) is 0 Å². The number of nitrogens with two attached hydrogens (primary N) is 1. The Labute approximate surface area is 105 Å². The fourth-order valence-electron chi connectivity index (χ4n) is 1.50. The Hall–Kier alpha value is -1.46. The molecule has 88 valence electrons. The minimum absolute atomic E-state index is 0.0196. The largest absolute Gasteiger partial charge is 0.327 e. The van der Waals surface area contributed by atoms with E-state index in [1.165, 1.54) is 0 Å².